The summed E-state index contributed by atoms with van der Waals surface area (Å²) in [7, 11) is 1.55. The maximum absolute atomic E-state index is 13.7. The van der Waals surface area contributed by atoms with Gasteiger partial charge in [-0.15, -0.1) is 0 Å². The van der Waals surface area contributed by atoms with Crippen LogP contribution in [0, 0.1) is 11.6 Å². The molecule has 0 saturated carbocycles. The van der Waals surface area contributed by atoms with E-state index in [0.717, 1.165) is 33.2 Å². The molecule has 0 spiro atoms. The number of carbonyl (C=O) groups excluding carboxylic acids is 1. The topological polar surface area (TPSA) is 73.7 Å². The van der Waals surface area contributed by atoms with Gasteiger partial charge in [0, 0.05) is 42.3 Å². The van der Waals surface area contributed by atoms with Crippen LogP contribution >= 0.6 is 11.5 Å². The number of fused-ring (bicyclic) bond motifs is 1. The molecule has 2 amide bonds. The number of halogens is 2. The van der Waals surface area contributed by atoms with Gasteiger partial charge >= 0.3 is 6.09 Å². The van der Waals surface area contributed by atoms with Gasteiger partial charge in [-0.3, -0.25) is 9.69 Å². The van der Waals surface area contributed by atoms with Crippen LogP contribution in [0.3, 0.4) is 0 Å². The van der Waals surface area contributed by atoms with Crippen LogP contribution in [0.2, 0.25) is 0 Å². The molecule has 0 aliphatic heterocycles. The zero-order valence-corrected chi connectivity index (χ0v) is 18.4. The van der Waals surface area contributed by atoms with Crippen LogP contribution in [0.25, 0.3) is 10.1 Å². The lowest BCUT2D eigenvalue weighted by Gasteiger charge is -2.40. The maximum atomic E-state index is 13.7. The highest BCUT2D eigenvalue weighted by Crippen LogP contribution is 2.27. The van der Waals surface area contributed by atoms with Crippen LogP contribution < -0.4 is 4.90 Å². The van der Waals surface area contributed by atoms with Gasteiger partial charge in [0.25, 0.3) is 0 Å². The Bertz CT molecular complexity index is 1110. The molecular weight excluding hydrogens is 424 g/mol. The standard InChI is InChI=1S/C22H23F2N3O3S/c1-22(2,3)27(21(29)30)18(9-13-7-15(23)11-16(24)8-13)20(28)26(4)17-5-6-19-14(10-17)12-25-31-19/h5-8,10-12,18H,9H2,1-4H3,(H,29,30). The average molecular weight is 448 g/mol. The van der Waals surface area contributed by atoms with Gasteiger partial charge in [-0.2, -0.15) is 4.37 Å². The molecule has 164 valence electrons. The Kier molecular flexibility index (Phi) is 6.26. The molecule has 0 fully saturated rings. The quantitative estimate of drug-likeness (QED) is 0.602. The summed E-state index contributed by atoms with van der Waals surface area (Å²) in [5, 5.41) is 10.7. The van der Waals surface area contributed by atoms with Gasteiger partial charge in [-0.05, 0) is 68.2 Å². The molecule has 1 atom stereocenters. The lowest BCUT2D eigenvalue weighted by Crippen LogP contribution is -2.58. The molecule has 0 radical (unpaired) electrons. The van der Waals surface area contributed by atoms with Crippen molar-refractivity contribution in [3.05, 3.63) is 59.8 Å². The number of carbonyl (C=O) groups is 2. The summed E-state index contributed by atoms with van der Waals surface area (Å²) in [6.45, 7) is 4.99. The van der Waals surface area contributed by atoms with Crippen LogP contribution in [0.15, 0.2) is 42.6 Å². The molecule has 1 aromatic heterocycles. The van der Waals surface area contributed by atoms with Gasteiger partial charge < -0.3 is 10.0 Å². The van der Waals surface area contributed by atoms with Gasteiger partial charge in [0.2, 0.25) is 5.91 Å². The highest BCUT2D eigenvalue weighted by molar-refractivity contribution is 7.13. The molecule has 1 heterocycles. The molecule has 0 bridgehead atoms. The summed E-state index contributed by atoms with van der Waals surface area (Å²) >= 11 is 1.33. The molecule has 1 unspecified atom stereocenters. The van der Waals surface area contributed by atoms with E-state index in [1.54, 1.807) is 46.1 Å². The molecule has 0 aliphatic carbocycles. The predicted molar refractivity (Wildman–Crippen MR) is 116 cm³/mol. The first-order chi connectivity index (χ1) is 14.5. The van der Waals surface area contributed by atoms with Crippen LogP contribution in [0.5, 0.6) is 0 Å². The van der Waals surface area contributed by atoms with Crippen molar-refractivity contribution in [1.29, 1.82) is 0 Å². The van der Waals surface area contributed by atoms with E-state index in [1.165, 1.54) is 16.4 Å². The second kappa shape index (κ2) is 8.58. The fraction of sp³-hybridized carbons (Fsp3) is 0.318. The third kappa shape index (κ3) is 4.99. The van der Waals surface area contributed by atoms with E-state index in [2.05, 4.69) is 4.37 Å². The second-order valence-corrected chi connectivity index (χ2v) is 9.10. The Labute approximate surface area is 182 Å². The first-order valence-corrected chi connectivity index (χ1v) is 10.3. The lowest BCUT2D eigenvalue weighted by molar-refractivity contribution is -0.124. The zero-order chi connectivity index (χ0) is 22.9. The van der Waals surface area contributed by atoms with Crippen LogP contribution in [-0.2, 0) is 11.2 Å². The van der Waals surface area contributed by atoms with Gasteiger partial charge in [-0.1, -0.05) is 0 Å². The first kappa shape index (κ1) is 22.6. The van der Waals surface area contributed by atoms with Crippen molar-refractivity contribution in [3.8, 4) is 0 Å². The molecule has 6 nitrogen and oxygen atoms in total. The minimum Gasteiger partial charge on any atom is -0.465 e. The van der Waals surface area contributed by atoms with Crippen molar-refractivity contribution in [3.63, 3.8) is 0 Å². The lowest BCUT2D eigenvalue weighted by atomic mass is 9.97. The first-order valence-electron chi connectivity index (χ1n) is 9.56. The van der Waals surface area contributed by atoms with Crippen LogP contribution in [-0.4, -0.2) is 45.0 Å². The Hall–Kier alpha value is -3.07. The minimum atomic E-state index is -1.30. The summed E-state index contributed by atoms with van der Waals surface area (Å²) in [6.07, 6.45) is 0.214. The summed E-state index contributed by atoms with van der Waals surface area (Å²) in [5.74, 6) is -2.09. The van der Waals surface area contributed by atoms with Gasteiger partial charge in [-0.25, -0.2) is 13.6 Å². The average Bonchev–Trinajstić information content (AvgIpc) is 3.11. The highest BCUT2D eigenvalue weighted by Gasteiger charge is 2.39. The van der Waals surface area contributed by atoms with Crippen LogP contribution in [0.1, 0.15) is 26.3 Å². The van der Waals surface area contributed by atoms with Gasteiger partial charge in [0.15, 0.2) is 0 Å². The second-order valence-electron chi connectivity index (χ2n) is 8.27. The van der Waals surface area contributed by atoms with E-state index in [9.17, 15) is 23.5 Å². The Balaban J connectivity index is 2.02. The smallest absolute Gasteiger partial charge is 0.408 e. The number of likely N-dealkylation sites (N-methyl/N-ethyl adjacent to an activating group) is 1. The summed E-state index contributed by atoms with van der Waals surface area (Å²) in [5.41, 5.74) is -0.176. The Morgan fingerprint density at radius 1 is 1.13 bits per heavy atom. The summed E-state index contributed by atoms with van der Waals surface area (Å²) in [6, 6.07) is 7.12. The summed E-state index contributed by atoms with van der Waals surface area (Å²) < 4.78 is 32.6. The van der Waals surface area contributed by atoms with E-state index in [1.807, 2.05) is 6.07 Å². The molecule has 3 aromatic rings. The zero-order valence-electron chi connectivity index (χ0n) is 17.6. The number of benzene rings is 2. The molecule has 0 aliphatic rings. The number of anilines is 1. The van der Waals surface area contributed by atoms with Gasteiger partial charge in [0.05, 0.1) is 4.70 Å². The van der Waals surface area contributed by atoms with Crippen molar-refractivity contribution in [2.24, 2.45) is 0 Å². The number of hydrogen-bond acceptors (Lipinski definition) is 4. The van der Waals surface area contributed by atoms with E-state index in [-0.39, 0.29) is 12.0 Å². The third-order valence-electron chi connectivity index (χ3n) is 4.93. The molecule has 1 N–H and O–H groups in total. The van der Waals surface area contributed by atoms with Crippen molar-refractivity contribution < 1.29 is 23.5 Å². The van der Waals surface area contributed by atoms with Gasteiger partial charge in [0.1, 0.15) is 17.7 Å². The third-order valence-corrected chi connectivity index (χ3v) is 5.71. The molecule has 0 saturated heterocycles. The number of rotatable bonds is 5. The van der Waals surface area contributed by atoms with E-state index in [0.29, 0.717) is 5.69 Å². The molecule has 3 rings (SSSR count). The number of nitrogens with zero attached hydrogens (tertiary/aromatic N) is 3. The minimum absolute atomic E-state index is 0.177. The SMILES string of the molecule is CN(C(=O)C(Cc1cc(F)cc(F)c1)N(C(=O)O)C(C)(C)C)c1ccc2sncc2c1. The largest absolute Gasteiger partial charge is 0.465 e. The highest BCUT2D eigenvalue weighted by atomic mass is 32.1. The van der Waals surface area contributed by atoms with E-state index < -0.39 is 35.2 Å². The number of aromatic nitrogens is 1. The Morgan fingerprint density at radius 2 is 1.77 bits per heavy atom. The molecular formula is C22H23F2N3O3S. The molecule has 31 heavy (non-hydrogen) atoms. The normalized spacial score (nSPS) is 12.6. The maximum Gasteiger partial charge on any atom is 0.408 e. The fourth-order valence-electron chi connectivity index (χ4n) is 3.55. The number of hydrogen-bond donors (Lipinski definition) is 1. The van der Waals surface area contributed by atoms with Crippen molar-refractivity contribution >= 4 is 39.3 Å². The van der Waals surface area contributed by atoms with Crippen molar-refractivity contribution in [1.82, 2.24) is 9.27 Å². The van der Waals surface area contributed by atoms with E-state index in [4.69, 9.17) is 0 Å². The van der Waals surface area contributed by atoms with E-state index >= 15 is 0 Å². The Morgan fingerprint density at radius 3 is 2.35 bits per heavy atom. The molecule has 2 aromatic carbocycles. The predicted octanol–water partition coefficient (Wildman–Crippen LogP) is 4.93. The van der Waals surface area contributed by atoms with Crippen molar-refractivity contribution in [2.45, 2.75) is 38.8 Å². The molecule has 9 heteroatoms. The van der Waals surface area contributed by atoms with Crippen molar-refractivity contribution in [2.75, 3.05) is 11.9 Å². The number of amides is 2. The fourth-order valence-corrected chi connectivity index (χ4v) is 4.17. The summed E-state index contributed by atoms with van der Waals surface area (Å²) in [4.78, 5) is 28.0. The monoisotopic (exact) mass is 447 g/mol. The number of carboxylic acid groups (broad SMARTS) is 1. The van der Waals surface area contributed by atoms with Crippen LogP contribution in [0.4, 0.5) is 19.3 Å².